The highest BCUT2D eigenvalue weighted by molar-refractivity contribution is 5.84. The Labute approximate surface area is 240 Å². The van der Waals surface area contributed by atoms with Crippen molar-refractivity contribution in [2.45, 2.75) is 155 Å². The lowest BCUT2D eigenvalue weighted by Gasteiger charge is -2.29. The van der Waals surface area contributed by atoms with E-state index in [4.69, 9.17) is 0 Å². The maximum Gasteiger partial charge on any atom is 0.321 e. The van der Waals surface area contributed by atoms with Crippen molar-refractivity contribution >= 4 is 16.9 Å². The predicted molar refractivity (Wildman–Crippen MR) is 169 cm³/mol. The number of aromatic nitrogens is 1. The van der Waals surface area contributed by atoms with Gasteiger partial charge in [0.2, 0.25) is 0 Å². The van der Waals surface area contributed by atoms with Gasteiger partial charge in [-0.25, -0.2) is 0 Å². The highest BCUT2D eigenvalue weighted by Gasteiger charge is 2.26. The third-order valence-electron chi connectivity index (χ3n) is 8.41. The first-order chi connectivity index (χ1) is 19.2. The van der Waals surface area contributed by atoms with E-state index >= 15 is 0 Å². The van der Waals surface area contributed by atoms with E-state index in [0.717, 1.165) is 42.4 Å². The molecule has 0 radical (unpaired) electrons. The van der Waals surface area contributed by atoms with Gasteiger partial charge in [0.05, 0.1) is 0 Å². The number of nitrogens with one attached hydrogen (secondary N) is 1. The van der Waals surface area contributed by atoms with E-state index in [9.17, 15) is 9.90 Å². The molecule has 0 saturated carbocycles. The number of carbonyl (C=O) groups is 1. The summed E-state index contributed by atoms with van der Waals surface area (Å²) >= 11 is 0. The Bertz CT molecular complexity index is 837. The first kappa shape index (κ1) is 33.4. The van der Waals surface area contributed by atoms with Gasteiger partial charge in [-0.05, 0) is 37.6 Å². The summed E-state index contributed by atoms with van der Waals surface area (Å²) in [5.41, 5.74) is 2.21. The van der Waals surface area contributed by atoms with Crippen molar-refractivity contribution in [2.75, 3.05) is 13.1 Å². The topological polar surface area (TPSA) is 56.3 Å². The van der Waals surface area contributed by atoms with Gasteiger partial charge < -0.3 is 10.1 Å². The Balaban J connectivity index is 1.81. The van der Waals surface area contributed by atoms with Crippen molar-refractivity contribution in [3.8, 4) is 0 Å². The molecular weight excluding hydrogens is 480 g/mol. The van der Waals surface area contributed by atoms with Gasteiger partial charge in [0.25, 0.3) is 0 Å². The maximum absolute atomic E-state index is 12.5. The molecule has 1 unspecified atom stereocenters. The summed E-state index contributed by atoms with van der Waals surface area (Å²) in [5.74, 6) is -0.681. The number of hydrogen-bond acceptors (Lipinski definition) is 2. The average molecular weight is 541 g/mol. The first-order valence-corrected chi connectivity index (χ1v) is 16.7. The normalized spacial score (nSPS) is 12.5. The van der Waals surface area contributed by atoms with Gasteiger partial charge in [-0.2, -0.15) is 0 Å². The molecule has 1 heterocycles. The van der Waals surface area contributed by atoms with Gasteiger partial charge in [0.15, 0.2) is 0 Å². The average Bonchev–Trinajstić information content (AvgIpc) is 3.35. The van der Waals surface area contributed by atoms with Crippen LogP contribution in [0.5, 0.6) is 0 Å². The van der Waals surface area contributed by atoms with Gasteiger partial charge in [0.1, 0.15) is 6.04 Å². The number of para-hydroxylation sites is 1. The summed E-state index contributed by atoms with van der Waals surface area (Å²) in [7, 11) is 0. The number of benzene rings is 1. The quantitative estimate of drug-likeness (QED) is 0.117. The SMILES string of the molecule is CCCCCCCCCCCCN(CCCCCCCCCCCC)C(Cc1c[nH]c2ccccc12)C(=O)O. The highest BCUT2D eigenvalue weighted by Crippen LogP contribution is 2.22. The van der Waals surface area contributed by atoms with Crippen LogP contribution in [0.1, 0.15) is 148 Å². The number of aromatic amines is 1. The van der Waals surface area contributed by atoms with Crippen molar-refractivity contribution in [3.63, 3.8) is 0 Å². The van der Waals surface area contributed by atoms with Crippen molar-refractivity contribution in [1.29, 1.82) is 0 Å². The fourth-order valence-electron chi connectivity index (χ4n) is 5.91. The third kappa shape index (κ3) is 14.4. The molecule has 0 saturated heterocycles. The van der Waals surface area contributed by atoms with Crippen LogP contribution in [0.25, 0.3) is 10.9 Å². The molecule has 1 aromatic carbocycles. The standard InChI is InChI=1S/C35H60N2O2/c1-3-5-7-9-11-13-15-17-19-23-27-37(28-24-20-18-16-14-12-10-8-6-4-2)34(35(38)39)29-31-30-36-33-26-22-21-25-32(31)33/h21-22,25-26,30,34,36H,3-20,23-24,27-29H2,1-2H3,(H,38,39). The lowest BCUT2D eigenvalue weighted by Crippen LogP contribution is -2.43. The molecule has 0 aliphatic carbocycles. The number of carboxylic acid groups (broad SMARTS) is 1. The fourth-order valence-corrected chi connectivity index (χ4v) is 5.91. The summed E-state index contributed by atoms with van der Waals surface area (Å²) in [5, 5.41) is 11.4. The van der Waals surface area contributed by atoms with Gasteiger partial charge >= 0.3 is 5.97 Å². The number of hydrogen-bond donors (Lipinski definition) is 2. The zero-order valence-electron chi connectivity index (χ0n) is 25.5. The molecule has 0 aliphatic heterocycles. The van der Waals surface area contributed by atoms with E-state index < -0.39 is 12.0 Å². The molecule has 0 bridgehead atoms. The van der Waals surface area contributed by atoms with E-state index in [1.165, 1.54) is 116 Å². The molecule has 1 atom stereocenters. The number of nitrogens with zero attached hydrogens (tertiary/aromatic N) is 1. The minimum absolute atomic E-state index is 0.457. The predicted octanol–water partition coefficient (Wildman–Crippen LogP) is 10.3. The molecule has 4 nitrogen and oxygen atoms in total. The number of carboxylic acids is 1. The second-order valence-electron chi connectivity index (χ2n) is 11.8. The van der Waals surface area contributed by atoms with E-state index in [-0.39, 0.29) is 0 Å². The van der Waals surface area contributed by atoms with Gasteiger partial charge in [-0.3, -0.25) is 9.69 Å². The fraction of sp³-hybridized carbons (Fsp3) is 0.743. The van der Waals surface area contributed by atoms with E-state index in [0.29, 0.717) is 6.42 Å². The molecule has 4 heteroatoms. The lowest BCUT2D eigenvalue weighted by atomic mass is 10.0. The third-order valence-corrected chi connectivity index (χ3v) is 8.41. The van der Waals surface area contributed by atoms with Crippen LogP contribution in [0.4, 0.5) is 0 Å². The van der Waals surface area contributed by atoms with E-state index in [1.807, 2.05) is 18.3 Å². The molecule has 2 rings (SSSR count). The monoisotopic (exact) mass is 540 g/mol. The van der Waals surface area contributed by atoms with Crippen LogP contribution >= 0.6 is 0 Å². The Morgan fingerprint density at radius 2 is 1.13 bits per heavy atom. The molecule has 1 aromatic heterocycles. The summed E-state index contributed by atoms with van der Waals surface area (Å²) in [4.78, 5) is 18.1. The van der Waals surface area contributed by atoms with Crippen LogP contribution in [0, 0.1) is 0 Å². The number of H-pyrrole nitrogens is 1. The minimum Gasteiger partial charge on any atom is -0.480 e. The molecule has 0 spiro atoms. The Morgan fingerprint density at radius 1 is 0.692 bits per heavy atom. The zero-order chi connectivity index (χ0) is 28.0. The Hall–Kier alpha value is -1.81. The van der Waals surface area contributed by atoms with Crippen LogP contribution in [-0.2, 0) is 11.2 Å². The number of aliphatic carboxylic acids is 1. The number of fused-ring (bicyclic) bond motifs is 1. The van der Waals surface area contributed by atoms with Crippen molar-refractivity contribution in [2.24, 2.45) is 0 Å². The minimum atomic E-state index is -0.681. The van der Waals surface area contributed by atoms with Gasteiger partial charge in [-0.15, -0.1) is 0 Å². The molecule has 2 N–H and O–H groups in total. The highest BCUT2D eigenvalue weighted by atomic mass is 16.4. The molecular formula is C35H60N2O2. The van der Waals surface area contributed by atoms with Crippen LogP contribution in [-0.4, -0.2) is 40.1 Å². The summed E-state index contributed by atoms with van der Waals surface area (Å²) in [6.45, 7) is 6.34. The summed E-state index contributed by atoms with van der Waals surface area (Å²) in [6, 6.07) is 7.79. The summed E-state index contributed by atoms with van der Waals surface area (Å²) < 4.78 is 0. The molecule has 39 heavy (non-hydrogen) atoms. The van der Waals surface area contributed by atoms with Crippen LogP contribution in [0.2, 0.25) is 0 Å². The molecule has 0 aliphatic rings. The molecule has 2 aromatic rings. The van der Waals surface area contributed by atoms with Crippen LogP contribution in [0.3, 0.4) is 0 Å². The molecule has 0 fully saturated rings. The molecule has 222 valence electrons. The van der Waals surface area contributed by atoms with Crippen molar-refractivity contribution in [3.05, 3.63) is 36.0 Å². The Kier molecular flexibility index (Phi) is 18.8. The van der Waals surface area contributed by atoms with E-state index in [2.05, 4.69) is 35.9 Å². The smallest absolute Gasteiger partial charge is 0.321 e. The van der Waals surface area contributed by atoms with Crippen LogP contribution in [0.15, 0.2) is 30.5 Å². The van der Waals surface area contributed by atoms with Gasteiger partial charge in [-0.1, -0.05) is 148 Å². The van der Waals surface area contributed by atoms with Crippen molar-refractivity contribution in [1.82, 2.24) is 9.88 Å². The second kappa shape index (κ2) is 21.9. The number of unbranched alkanes of at least 4 members (excludes halogenated alkanes) is 18. The van der Waals surface area contributed by atoms with Crippen LogP contribution < -0.4 is 0 Å². The van der Waals surface area contributed by atoms with Gasteiger partial charge in [0, 0.05) is 23.5 Å². The Morgan fingerprint density at radius 3 is 1.59 bits per heavy atom. The summed E-state index contributed by atoms with van der Waals surface area (Å²) in [6.07, 6.45) is 28.8. The largest absolute Gasteiger partial charge is 0.480 e. The zero-order valence-corrected chi connectivity index (χ0v) is 25.5. The first-order valence-electron chi connectivity index (χ1n) is 16.7. The number of rotatable bonds is 26. The second-order valence-corrected chi connectivity index (χ2v) is 11.8. The maximum atomic E-state index is 12.5. The lowest BCUT2D eigenvalue weighted by molar-refractivity contribution is -0.143. The van der Waals surface area contributed by atoms with E-state index in [1.54, 1.807) is 0 Å². The molecule has 0 amide bonds. The van der Waals surface area contributed by atoms with Crippen molar-refractivity contribution < 1.29 is 9.90 Å².